The van der Waals surface area contributed by atoms with E-state index in [4.69, 9.17) is 0 Å². The van der Waals surface area contributed by atoms with Crippen molar-refractivity contribution in [3.8, 4) is 0 Å². The molecule has 0 saturated carbocycles. The number of benzene rings is 2. The van der Waals surface area contributed by atoms with Gasteiger partial charge in [-0.3, -0.25) is 9.59 Å². The number of nitrogens with zero attached hydrogens (tertiary/aromatic N) is 2. The van der Waals surface area contributed by atoms with Gasteiger partial charge in [-0.15, -0.1) is 0 Å². The molecule has 2 aromatic carbocycles. The topological polar surface area (TPSA) is 73.8 Å². The molecule has 2 amide bonds. The molecule has 0 saturated heterocycles. The van der Waals surface area contributed by atoms with Gasteiger partial charge in [0.15, 0.2) is 0 Å². The van der Waals surface area contributed by atoms with Crippen molar-refractivity contribution in [3.63, 3.8) is 0 Å². The zero-order chi connectivity index (χ0) is 18.8. The fraction of sp³-hybridized carbons (Fsp3) is 0.150. The van der Waals surface area contributed by atoms with Gasteiger partial charge < -0.3 is 10.2 Å². The number of hydrazone groups is 1. The molecule has 0 aromatic heterocycles. The summed E-state index contributed by atoms with van der Waals surface area (Å²) in [6, 6.07) is 17.2. The van der Waals surface area contributed by atoms with Crippen LogP contribution in [-0.2, 0) is 9.59 Å². The molecule has 0 aliphatic rings. The van der Waals surface area contributed by atoms with E-state index >= 15 is 0 Å². The number of carbonyl (C=O) groups is 2. The summed E-state index contributed by atoms with van der Waals surface area (Å²) in [5, 5.41) is 6.38. The van der Waals surface area contributed by atoms with E-state index in [9.17, 15) is 9.59 Å². The van der Waals surface area contributed by atoms with Crippen molar-refractivity contribution in [1.29, 1.82) is 0 Å². The predicted octanol–water partition coefficient (Wildman–Crippen LogP) is 2.03. The Labute approximate surface area is 153 Å². The molecule has 6 heteroatoms. The van der Waals surface area contributed by atoms with E-state index in [-0.39, 0.29) is 12.5 Å². The number of rotatable bonds is 7. The van der Waals surface area contributed by atoms with Gasteiger partial charge in [0.25, 0.3) is 5.91 Å². The maximum atomic E-state index is 11.7. The second-order valence-electron chi connectivity index (χ2n) is 5.74. The smallest absolute Gasteiger partial charge is 0.259 e. The van der Waals surface area contributed by atoms with Crippen LogP contribution in [0.15, 0.2) is 65.8 Å². The molecule has 26 heavy (non-hydrogen) atoms. The number of amides is 2. The van der Waals surface area contributed by atoms with Crippen LogP contribution < -0.4 is 15.6 Å². The van der Waals surface area contributed by atoms with Crippen LogP contribution in [0, 0.1) is 0 Å². The molecular formula is C20H22N4O2. The molecular weight excluding hydrogens is 328 g/mol. The number of hydrogen-bond acceptors (Lipinski definition) is 4. The van der Waals surface area contributed by atoms with Crippen LogP contribution in [0.5, 0.6) is 0 Å². The zero-order valence-electron chi connectivity index (χ0n) is 14.8. The average Bonchev–Trinajstić information content (AvgIpc) is 2.66. The Morgan fingerprint density at radius 2 is 1.69 bits per heavy atom. The highest BCUT2D eigenvalue weighted by Gasteiger charge is 2.01. The SMILES string of the molecule is CN(C)c1ccc(/C=N/NC(=O)CNC(=O)/C=C/c2ccccc2)cc1. The lowest BCUT2D eigenvalue weighted by Crippen LogP contribution is -2.34. The molecule has 2 aromatic rings. The molecule has 6 nitrogen and oxygen atoms in total. The Hall–Kier alpha value is -3.41. The van der Waals surface area contributed by atoms with Gasteiger partial charge in [0, 0.05) is 25.9 Å². The van der Waals surface area contributed by atoms with Crippen LogP contribution >= 0.6 is 0 Å². The molecule has 134 valence electrons. The minimum Gasteiger partial charge on any atom is -0.378 e. The highest BCUT2D eigenvalue weighted by Crippen LogP contribution is 2.10. The second-order valence-corrected chi connectivity index (χ2v) is 5.74. The van der Waals surface area contributed by atoms with Gasteiger partial charge in [0.05, 0.1) is 12.8 Å². The lowest BCUT2D eigenvalue weighted by atomic mass is 10.2. The van der Waals surface area contributed by atoms with Gasteiger partial charge >= 0.3 is 0 Å². The molecule has 0 radical (unpaired) electrons. The van der Waals surface area contributed by atoms with Crippen molar-refractivity contribution in [2.24, 2.45) is 5.10 Å². The highest BCUT2D eigenvalue weighted by molar-refractivity contribution is 5.94. The molecule has 0 unspecified atom stereocenters. The molecule has 0 aliphatic carbocycles. The van der Waals surface area contributed by atoms with E-state index in [1.165, 1.54) is 6.08 Å². The summed E-state index contributed by atoms with van der Waals surface area (Å²) >= 11 is 0. The zero-order valence-corrected chi connectivity index (χ0v) is 14.8. The number of carbonyl (C=O) groups excluding carboxylic acids is 2. The van der Waals surface area contributed by atoms with E-state index in [1.54, 1.807) is 12.3 Å². The third kappa shape index (κ3) is 6.60. The van der Waals surface area contributed by atoms with Crippen LogP contribution in [0.1, 0.15) is 11.1 Å². The summed E-state index contributed by atoms with van der Waals surface area (Å²) in [6.07, 6.45) is 4.62. The molecule has 0 aliphatic heterocycles. The first-order valence-electron chi connectivity index (χ1n) is 8.15. The molecule has 0 heterocycles. The molecule has 0 atom stereocenters. The van der Waals surface area contributed by atoms with E-state index in [0.717, 1.165) is 16.8 Å². The summed E-state index contributed by atoms with van der Waals surface area (Å²) in [6.45, 7) is -0.144. The fourth-order valence-electron chi connectivity index (χ4n) is 2.04. The molecule has 0 fully saturated rings. The summed E-state index contributed by atoms with van der Waals surface area (Å²) in [4.78, 5) is 25.4. The lowest BCUT2D eigenvalue weighted by Gasteiger charge is -2.11. The predicted molar refractivity (Wildman–Crippen MR) is 105 cm³/mol. The fourth-order valence-corrected chi connectivity index (χ4v) is 2.04. The standard InChI is InChI=1S/C20H22N4O2/c1-24(2)18-11-8-17(9-12-18)14-22-23-20(26)15-21-19(25)13-10-16-6-4-3-5-7-16/h3-14H,15H2,1-2H3,(H,21,25)(H,23,26)/b13-10+,22-14+. The largest absolute Gasteiger partial charge is 0.378 e. The van der Waals surface area contributed by atoms with Crippen LogP contribution in [0.2, 0.25) is 0 Å². The maximum absolute atomic E-state index is 11.7. The van der Waals surface area contributed by atoms with Crippen LogP contribution in [-0.4, -0.2) is 38.7 Å². The number of anilines is 1. The third-order valence-corrected chi connectivity index (χ3v) is 3.46. The van der Waals surface area contributed by atoms with E-state index in [1.807, 2.05) is 73.6 Å². The Morgan fingerprint density at radius 3 is 2.35 bits per heavy atom. The van der Waals surface area contributed by atoms with Gasteiger partial charge in [0.1, 0.15) is 0 Å². The van der Waals surface area contributed by atoms with Crippen molar-refractivity contribution in [3.05, 3.63) is 71.8 Å². The highest BCUT2D eigenvalue weighted by atomic mass is 16.2. The summed E-state index contributed by atoms with van der Waals surface area (Å²) in [7, 11) is 3.93. The van der Waals surface area contributed by atoms with Gasteiger partial charge in [0.2, 0.25) is 5.91 Å². The van der Waals surface area contributed by atoms with E-state index < -0.39 is 5.91 Å². The Bertz CT molecular complexity index is 781. The van der Waals surface area contributed by atoms with Gasteiger partial charge in [-0.25, -0.2) is 5.43 Å². The van der Waals surface area contributed by atoms with Crippen molar-refractivity contribution in [2.45, 2.75) is 0 Å². The van der Waals surface area contributed by atoms with Crippen LogP contribution in [0.3, 0.4) is 0 Å². The van der Waals surface area contributed by atoms with Crippen LogP contribution in [0.25, 0.3) is 6.08 Å². The van der Waals surface area contributed by atoms with Crippen molar-refractivity contribution < 1.29 is 9.59 Å². The lowest BCUT2D eigenvalue weighted by molar-refractivity contribution is -0.123. The summed E-state index contributed by atoms with van der Waals surface area (Å²) in [5.74, 6) is -0.736. The Morgan fingerprint density at radius 1 is 1.00 bits per heavy atom. The molecule has 2 rings (SSSR count). The van der Waals surface area contributed by atoms with Crippen molar-refractivity contribution in [1.82, 2.24) is 10.7 Å². The Balaban J connectivity index is 1.73. The monoisotopic (exact) mass is 350 g/mol. The first kappa shape index (κ1) is 18.9. The maximum Gasteiger partial charge on any atom is 0.259 e. The quantitative estimate of drug-likeness (QED) is 0.456. The molecule has 0 spiro atoms. The van der Waals surface area contributed by atoms with Gasteiger partial charge in [-0.05, 0) is 29.3 Å². The van der Waals surface area contributed by atoms with E-state index in [0.29, 0.717) is 0 Å². The minimum atomic E-state index is -0.396. The average molecular weight is 350 g/mol. The van der Waals surface area contributed by atoms with Crippen LogP contribution in [0.4, 0.5) is 5.69 Å². The van der Waals surface area contributed by atoms with Gasteiger partial charge in [-0.1, -0.05) is 42.5 Å². The van der Waals surface area contributed by atoms with E-state index in [2.05, 4.69) is 15.8 Å². The number of nitrogens with one attached hydrogen (secondary N) is 2. The number of hydrogen-bond donors (Lipinski definition) is 2. The molecule has 0 bridgehead atoms. The second kappa shape index (κ2) is 9.78. The van der Waals surface area contributed by atoms with Gasteiger partial charge in [-0.2, -0.15) is 5.10 Å². The minimum absolute atomic E-state index is 0.144. The van der Waals surface area contributed by atoms with Crippen molar-refractivity contribution in [2.75, 3.05) is 25.5 Å². The first-order chi connectivity index (χ1) is 12.5. The first-order valence-corrected chi connectivity index (χ1v) is 8.15. The summed E-state index contributed by atoms with van der Waals surface area (Å²) < 4.78 is 0. The molecule has 2 N–H and O–H groups in total. The summed E-state index contributed by atoms with van der Waals surface area (Å²) in [5.41, 5.74) is 5.24. The van der Waals surface area contributed by atoms with Crippen molar-refractivity contribution >= 4 is 29.8 Å². The Kier molecular flexibility index (Phi) is 7.12. The normalized spacial score (nSPS) is 10.8. The third-order valence-electron chi connectivity index (χ3n) is 3.46.